The van der Waals surface area contributed by atoms with Crippen molar-refractivity contribution in [1.29, 1.82) is 0 Å². The highest BCUT2D eigenvalue weighted by molar-refractivity contribution is 5.91. The standard InChI is InChI=1S/C13H21N3O2/c1-4-10(8-17)15-12-6-5-11(7-14-12)16-13(18)9(2)3/h5-7,9-10,17H,4,8H2,1-3H3,(H,14,15)(H,16,18). The Labute approximate surface area is 108 Å². The number of amides is 1. The van der Waals surface area contributed by atoms with E-state index in [0.717, 1.165) is 6.42 Å². The van der Waals surface area contributed by atoms with Gasteiger partial charge in [0.1, 0.15) is 5.82 Å². The van der Waals surface area contributed by atoms with E-state index in [-0.39, 0.29) is 24.5 Å². The number of anilines is 2. The van der Waals surface area contributed by atoms with Crippen LogP contribution in [0.3, 0.4) is 0 Å². The van der Waals surface area contributed by atoms with E-state index in [9.17, 15) is 4.79 Å². The number of hydrogen-bond donors (Lipinski definition) is 3. The second-order valence-electron chi connectivity index (χ2n) is 4.51. The smallest absolute Gasteiger partial charge is 0.226 e. The second-order valence-corrected chi connectivity index (χ2v) is 4.51. The lowest BCUT2D eigenvalue weighted by atomic mass is 10.2. The minimum atomic E-state index is -0.0540. The van der Waals surface area contributed by atoms with Gasteiger partial charge in [-0.2, -0.15) is 0 Å². The Balaban J connectivity index is 2.60. The largest absolute Gasteiger partial charge is 0.394 e. The number of aromatic nitrogens is 1. The molecule has 0 aliphatic rings. The fraction of sp³-hybridized carbons (Fsp3) is 0.538. The summed E-state index contributed by atoms with van der Waals surface area (Å²) in [5, 5.41) is 15.0. The summed E-state index contributed by atoms with van der Waals surface area (Å²) in [4.78, 5) is 15.7. The number of aliphatic hydroxyl groups is 1. The van der Waals surface area contributed by atoms with Crippen LogP contribution >= 0.6 is 0 Å². The molecule has 1 aromatic rings. The molecule has 3 N–H and O–H groups in total. The Kier molecular flexibility index (Phi) is 5.58. The van der Waals surface area contributed by atoms with E-state index >= 15 is 0 Å². The summed E-state index contributed by atoms with van der Waals surface area (Å²) in [6.45, 7) is 5.74. The Morgan fingerprint density at radius 3 is 2.61 bits per heavy atom. The summed E-state index contributed by atoms with van der Waals surface area (Å²) >= 11 is 0. The molecule has 0 aliphatic carbocycles. The highest BCUT2D eigenvalue weighted by atomic mass is 16.3. The van der Waals surface area contributed by atoms with Crippen LogP contribution in [0.25, 0.3) is 0 Å². The number of pyridine rings is 1. The van der Waals surface area contributed by atoms with Gasteiger partial charge in [0.2, 0.25) is 5.91 Å². The third-order valence-electron chi connectivity index (χ3n) is 2.62. The molecule has 0 spiro atoms. The lowest BCUT2D eigenvalue weighted by molar-refractivity contribution is -0.118. The predicted molar refractivity (Wildman–Crippen MR) is 72.5 cm³/mol. The molecule has 1 rings (SSSR count). The number of nitrogens with zero attached hydrogens (tertiary/aromatic N) is 1. The van der Waals surface area contributed by atoms with Gasteiger partial charge in [-0.3, -0.25) is 4.79 Å². The van der Waals surface area contributed by atoms with E-state index in [1.165, 1.54) is 0 Å². The van der Waals surface area contributed by atoms with Crippen molar-refractivity contribution in [3.05, 3.63) is 18.3 Å². The van der Waals surface area contributed by atoms with E-state index < -0.39 is 0 Å². The van der Waals surface area contributed by atoms with Gasteiger partial charge in [0.25, 0.3) is 0 Å². The number of hydrogen-bond acceptors (Lipinski definition) is 4. The van der Waals surface area contributed by atoms with Gasteiger partial charge < -0.3 is 15.7 Å². The molecule has 1 heterocycles. The van der Waals surface area contributed by atoms with Crippen molar-refractivity contribution in [2.75, 3.05) is 17.2 Å². The van der Waals surface area contributed by atoms with Gasteiger partial charge in [-0.25, -0.2) is 4.98 Å². The van der Waals surface area contributed by atoms with Crippen LogP contribution in [0.5, 0.6) is 0 Å². The fourth-order valence-electron chi connectivity index (χ4n) is 1.33. The van der Waals surface area contributed by atoms with Crippen molar-refractivity contribution in [2.45, 2.75) is 33.2 Å². The van der Waals surface area contributed by atoms with Crippen LogP contribution in [0.1, 0.15) is 27.2 Å². The first-order valence-corrected chi connectivity index (χ1v) is 6.21. The normalized spacial score (nSPS) is 12.3. The van der Waals surface area contributed by atoms with Gasteiger partial charge in [0.05, 0.1) is 24.5 Å². The van der Waals surface area contributed by atoms with Crippen molar-refractivity contribution in [3.63, 3.8) is 0 Å². The van der Waals surface area contributed by atoms with Crippen molar-refractivity contribution in [3.8, 4) is 0 Å². The molecule has 0 aliphatic heterocycles. The quantitative estimate of drug-likeness (QED) is 0.721. The molecule has 0 saturated carbocycles. The third kappa shape index (κ3) is 4.33. The minimum Gasteiger partial charge on any atom is -0.394 e. The first kappa shape index (κ1) is 14.4. The van der Waals surface area contributed by atoms with Crippen LogP contribution in [0.2, 0.25) is 0 Å². The maximum absolute atomic E-state index is 11.5. The molecule has 1 atom stereocenters. The molecular formula is C13H21N3O2. The molecule has 1 unspecified atom stereocenters. The number of carbonyl (C=O) groups is 1. The number of aliphatic hydroxyl groups excluding tert-OH is 1. The minimum absolute atomic E-state index is 0.00797. The summed E-state index contributed by atoms with van der Waals surface area (Å²) in [5.41, 5.74) is 0.677. The molecule has 100 valence electrons. The van der Waals surface area contributed by atoms with Crippen LogP contribution in [-0.2, 0) is 4.79 Å². The molecule has 18 heavy (non-hydrogen) atoms. The summed E-state index contributed by atoms with van der Waals surface area (Å²) in [6, 6.07) is 3.59. The van der Waals surface area contributed by atoms with E-state index in [2.05, 4.69) is 15.6 Å². The maximum Gasteiger partial charge on any atom is 0.226 e. The zero-order valence-electron chi connectivity index (χ0n) is 11.1. The first-order valence-electron chi connectivity index (χ1n) is 6.21. The molecule has 0 radical (unpaired) electrons. The average molecular weight is 251 g/mol. The van der Waals surface area contributed by atoms with Crippen molar-refractivity contribution in [2.24, 2.45) is 5.92 Å². The van der Waals surface area contributed by atoms with Crippen molar-refractivity contribution in [1.82, 2.24) is 4.98 Å². The highest BCUT2D eigenvalue weighted by Crippen LogP contribution is 2.12. The van der Waals surface area contributed by atoms with Crippen LogP contribution in [0.15, 0.2) is 18.3 Å². The molecule has 0 aromatic carbocycles. The molecule has 0 saturated heterocycles. The summed E-state index contributed by atoms with van der Waals surface area (Å²) in [6.07, 6.45) is 2.43. The monoisotopic (exact) mass is 251 g/mol. The van der Waals surface area contributed by atoms with Crippen LogP contribution in [-0.4, -0.2) is 28.6 Å². The number of nitrogens with one attached hydrogen (secondary N) is 2. The molecule has 0 bridgehead atoms. The summed E-state index contributed by atoms with van der Waals surface area (Å²) in [7, 11) is 0. The van der Waals surface area contributed by atoms with Crippen LogP contribution in [0, 0.1) is 5.92 Å². The van der Waals surface area contributed by atoms with Gasteiger partial charge in [0, 0.05) is 5.92 Å². The van der Waals surface area contributed by atoms with E-state index in [1.54, 1.807) is 18.3 Å². The van der Waals surface area contributed by atoms with Gasteiger partial charge in [-0.15, -0.1) is 0 Å². The SMILES string of the molecule is CCC(CO)Nc1ccc(NC(=O)C(C)C)cn1. The molecule has 1 amide bonds. The lowest BCUT2D eigenvalue weighted by Gasteiger charge is -2.15. The topological polar surface area (TPSA) is 74.2 Å². The van der Waals surface area contributed by atoms with Gasteiger partial charge in [-0.1, -0.05) is 20.8 Å². The number of carbonyl (C=O) groups excluding carboxylic acids is 1. The lowest BCUT2D eigenvalue weighted by Crippen LogP contribution is -2.23. The first-order chi connectivity index (χ1) is 8.56. The summed E-state index contributed by atoms with van der Waals surface area (Å²) in [5.74, 6) is 0.611. The Hall–Kier alpha value is -1.62. The average Bonchev–Trinajstić information content (AvgIpc) is 2.37. The van der Waals surface area contributed by atoms with Crippen molar-refractivity contribution >= 4 is 17.4 Å². The van der Waals surface area contributed by atoms with Gasteiger partial charge >= 0.3 is 0 Å². The Bertz CT molecular complexity index is 372. The molecule has 5 heteroatoms. The van der Waals surface area contributed by atoms with Crippen molar-refractivity contribution < 1.29 is 9.90 Å². The highest BCUT2D eigenvalue weighted by Gasteiger charge is 2.08. The molecule has 5 nitrogen and oxygen atoms in total. The Morgan fingerprint density at radius 2 is 2.17 bits per heavy atom. The third-order valence-corrected chi connectivity index (χ3v) is 2.62. The van der Waals surface area contributed by atoms with Crippen LogP contribution < -0.4 is 10.6 Å². The van der Waals surface area contributed by atoms with Gasteiger partial charge in [-0.05, 0) is 18.6 Å². The molecule has 1 aromatic heterocycles. The molecular weight excluding hydrogens is 230 g/mol. The maximum atomic E-state index is 11.5. The zero-order valence-corrected chi connectivity index (χ0v) is 11.1. The zero-order chi connectivity index (χ0) is 13.5. The van der Waals surface area contributed by atoms with Gasteiger partial charge in [0.15, 0.2) is 0 Å². The van der Waals surface area contributed by atoms with E-state index in [1.807, 2.05) is 20.8 Å². The fourth-order valence-corrected chi connectivity index (χ4v) is 1.33. The van der Waals surface area contributed by atoms with E-state index in [0.29, 0.717) is 11.5 Å². The molecule has 0 fully saturated rings. The Morgan fingerprint density at radius 1 is 1.44 bits per heavy atom. The van der Waals surface area contributed by atoms with E-state index in [4.69, 9.17) is 5.11 Å². The number of rotatable bonds is 6. The second kappa shape index (κ2) is 6.96. The van der Waals surface area contributed by atoms with Crippen LogP contribution in [0.4, 0.5) is 11.5 Å². The summed E-state index contributed by atoms with van der Waals surface area (Å²) < 4.78 is 0. The predicted octanol–water partition coefficient (Wildman–Crippen LogP) is 1.86.